The van der Waals surface area contributed by atoms with Crippen molar-refractivity contribution in [2.45, 2.75) is 64.6 Å². The van der Waals surface area contributed by atoms with Gasteiger partial charge in [0.25, 0.3) is 0 Å². The molecule has 2 aromatic carbocycles. The Morgan fingerprint density at radius 1 is 0.963 bits per heavy atom. The standard InChI is InChI=1S/C26H31N/c1-3-22-23(4-2)26(21-15-9-6-10-16-21)27(19-20-13-7-5-8-14-20)25-18-12-11-17-24(22)25/h4-10,13-16,25-26H,3,11-12,17-19H2,1-2H3/b23-4+. The number of hydrogen-bond donors (Lipinski definition) is 0. The highest BCUT2D eigenvalue weighted by atomic mass is 15.2. The van der Waals surface area contributed by atoms with Gasteiger partial charge in [0.2, 0.25) is 0 Å². The summed E-state index contributed by atoms with van der Waals surface area (Å²) >= 11 is 0. The first-order valence-electron chi connectivity index (χ1n) is 10.6. The first-order chi connectivity index (χ1) is 13.3. The molecule has 1 aliphatic carbocycles. The van der Waals surface area contributed by atoms with Crippen molar-refractivity contribution in [2.75, 3.05) is 0 Å². The Hall–Kier alpha value is -2.12. The van der Waals surface area contributed by atoms with Crippen molar-refractivity contribution in [3.05, 3.63) is 94.6 Å². The molecule has 2 unspecified atom stereocenters. The van der Waals surface area contributed by atoms with E-state index in [-0.39, 0.29) is 0 Å². The Kier molecular flexibility index (Phi) is 5.59. The summed E-state index contributed by atoms with van der Waals surface area (Å²) in [5.41, 5.74) is 7.74. The molecule has 0 radical (unpaired) electrons. The van der Waals surface area contributed by atoms with Crippen LogP contribution in [-0.2, 0) is 6.54 Å². The van der Waals surface area contributed by atoms with E-state index in [1.807, 2.05) is 0 Å². The number of benzene rings is 2. The topological polar surface area (TPSA) is 3.24 Å². The molecule has 1 saturated carbocycles. The summed E-state index contributed by atoms with van der Waals surface area (Å²) in [4.78, 5) is 2.79. The van der Waals surface area contributed by atoms with E-state index in [4.69, 9.17) is 0 Å². The highest BCUT2D eigenvalue weighted by Crippen LogP contribution is 2.47. The van der Waals surface area contributed by atoms with Gasteiger partial charge >= 0.3 is 0 Å². The van der Waals surface area contributed by atoms with E-state index in [9.17, 15) is 0 Å². The van der Waals surface area contributed by atoms with Crippen LogP contribution in [0.2, 0.25) is 0 Å². The molecule has 0 saturated heterocycles. The zero-order valence-electron chi connectivity index (χ0n) is 16.7. The molecule has 0 bridgehead atoms. The number of rotatable bonds is 4. The molecule has 1 fully saturated rings. The van der Waals surface area contributed by atoms with Crippen LogP contribution in [0.15, 0.2) is 83.5 Å². The van der Waals surface area contributed by atoms with Crippen molar-refractivity contribution < 1.29 is 0 Å². The second kappa shape index (κ2) is 8.27. The Bertz CT molecular complexity index is 816. The van der Waals surface area contributed by atoms with Crippen LogP contribution in [0.1, 0.15) is 63.1 Å². The quantitative estimate of drug-likeness (QED) is 0.579. The first-order valence-corrected chi connectivity index (χ1v) is 10.6. The third kappa shape index (κ3) is 3.53. The molecule has 0 N–H and O–H groups in total. The van der Waals surface area contributed by atoms with E-state index >= 15 is 0 Å². The molecule has 1 heterocycles. The lowest BCUT2D eigenvalue weighted by molar-refractivity contribution is 0.134. The van der Waals surface area contributed by atoms with Gasteiger partial charge in [-0.25, -0.2) is 0 Å². The Morgan fingerprint density at radius 3 is 2.33 bits per heavy atom. The van der Waals surface area contributed by atoms with E-state index in [1.165, 1.54) is 42.4 Å². The normalized spacial score (nSPS) is 24.9. The molecule has 1 aliphatic heterocycles. The third-order valence-electron chi connectivity index (χ3n) is 6.33. The highest BCUT2D eigenvalue weighted by molar-refractivity contribution is 5.48. The lowest BCUT2D eigenvalue weighted by atomic mass is 9.74. The molecular formula is C26H31N. The van der Waals surface area contributed by atoms with E-state index in [2.05, 4.69) is 85.5 Å². The zero-order chi connectivity index (χ0) is 18.6. The van der Waals surface area contributed by atoms with E-state index in [0.717, 1.165) is 13.0 Å². The summed E-state index contributed by atoms with van der Waals surface area (Å²) in [5, 5.41) is 0. The minimum absolute atomic E-state index is 0.359. The van der Waals surface area contributed by atoms with Crippen LogP contribution >= 0.6 is 0 Å². The average molecular weight is 358 g/mol. The Balaban J connectivity index is 1.84. The van der Waals surface area contributed by atoms with Gasteiger partial charge in [0, 0.05) is 12.6 Å². The van der Waals surface area contributed by atoms with E-state index in [1.54, 1.807) is 11.1 Å². The zero-order valence-corrected chi connectivity index (χ0v) is 16.7. The van der Waals surface area contributed by atoms with Crippen molar-refractivity contribution in [1.82, 2.24) is 4.90 Å². The maximum absolute atomic E-state index is 2.79. The summed E-state index contributed by atoms with van der Waals surface area (Å²) in [6.45, 7) is 5.58. The van der Waals surface area contributed by atoms with Gasteiger partial charge in [0.1, 0.15) is 0 Å². The molecule has 4 rings (SSSR count). The van der Waals surface area contributed by atoms with Crippen LogP contribution in [0.3, 0.4) is 0 Å². The molecule has 2 aliphatic rings. The predicted octanol–water partition coefficient (Wildman–Crippen LogP) is 6.84. The Labute approximate surface area is 164 Å². The average Bonchev–Trinajstić information content (AvgIpc) is 2.74. The van der Waals surface area contributed by atoms with Crippen LogP contribution in [0, 0.1) is 0 Å². The third-order valence-corrected chi connectivity index (χ3v) is 6.33. The number of hydrogen-bond acceptors (Lipinski definition) is 1. The lowest BCUT2D eigenvalue weighted by Crippen LogP contribution is -2.45. The van der Waals surface area contributed by atoms with Crippen LogP contribution in [0.5, 0.6) is 0 Å². The van der Waals surface area contributed by atoms with Crippen molar-refractivity contribution in [3.8, 4) is 0 Å². The molecule has 1 nitrogen and oxygen atoms in total. The molecule has 140 valence electrons. The van der Waals surface area contributed by atoms with Gasteiger partial charge in [0.15, 0.2) is 0 Å². The fourth-order valence-electron chi connectivity index (χ4n) is 5.19. The van der Waals surface area contributed by atoms with E-state index in [0.29, 0.717) is 12.1 Å². The van der Waals surface area contributed by atoms with Crippen molar-refractivity contribution in [2.24, 2.45) is 0 Å². The molecule has 0 aromatic heterocycles. The van der Waals surface area contributed by atoms with E-state index < -0.39 is 0 Å². The molecule has 0 spiro atoms. The predicted molar refractivity (Wildman–Crippen MR) is 114 cm³/mol. The second-order valence-corrected chi connectivity index (χ2v) is 7.83. The minimum atomic E-state index is 0.359. The monoisotopic (exact) mass is 357 g/mol. The number of fused-ring (bicyclic) bond motifs is 1. The summed E-state index contributed by atoms with van der Waals surface area (Å²) < 4.78 is 0. The maximum Gasteiger partial charge on any atom is 0.0609 e. The summed E-state index contributed by atoms with van der Waals surface area (Å²) in [6.07, 6.45) is 8.80. The van der Waals surface area contributed by atoms with Crippen LogP contribution in [0.4, 0.5) is 0 Å². The van der Waals surface area contributed by atoms with Crippen molar-refractivity contribution in [1.29, 1.82) is 0 Å². The molecular weight excluding hydrogens is 326 g/mol. The molecule has 2 atom stereocenters. The van der Waals surface area contributed by atoms with Crippen LogP contribution < -0.4 is 0 Å². The highest BCUT2D eigenvalue weighted by Gasteiger charge is 2.39. The Morgan fingerprint density at radius 2 is 1.67 bits per heavy atom. The minimum Gasteiger partial charge on any atom is -0.281 e. The number of allylic oxidation sites excluding steroid dienone is 1. The summed E-state index contributed by atoms with van der Waals surface area (Å²) in [6, 6.07) is 23.1. The van der Waals surface area contributed by atoms with Gasteiger partial charge in [-0.05, 0) is 60.5 Å². The van der Waals surface area contributed by atoms with Crippen molar-refractivity contribution in [3.63, 3.8) is 0 Å². The SMILES string of the molecule is C/C=C1\C(CC)=C2CCCCC2N(Cc2ccccc2)C1c1ccccc1. The van der Waals surface area contributed by atoms with Crippen LogP contribution in [-0.4, -0.2) is 10.9 Å². The van der Waals surface area contributed by atoms with Crippen molar-refractivity contribution >= 4 is 0 Å². The van der Waals surface area contributed by atoms with Crippen LogP contribution in [0.25, 0.3) is 0 Å². The van der Waals surface area contributed by atoms with Gasteiger partial charge in [-0.2, -0.15) is 0 Å². The van der Waals surface area contributed by atoms with Gasteiger partial charge in [-0.3, -0.25) is 4.90 Å². The summed E-state index contributed by atoms with van der Waals surface area (Å²) in [7, 11) is 0. The number of nitrogens with zero attached hydrogens (tertiary/aromatic N) is 1. The molecule has 27 heavy (non-hydrogen) atoms. The fourth-order valence-corrected chi connectivity index (χ4v) is 5.19. The van der Waals surface area contributed by atoms with Gasteiger partial charge < -0.3 is 0 Å². The summed E-state index contributed by atoms with van der Waals surface area (Å²) in [5.74, 6) is 0. The smallest absolute Gasteiger partial charge is 0.0609 e. The molecule has 0 amide bonds. The molecule has 2 aromatic rings. The lowest BCUT2D eigenvalue weighted by Gasteiger charge is -2.48. The van der Waals surface area contributed by atoms with Gasteiger partial charge in [-0.15, -0.1) is 0 Å². The molecule has 1 heteroatoms. The largest absolute Gasteiger partial charge is 0.281 e. The van der Waals surface area contributed by atoms with Gasteiger partial charge in [0.05, 0.1) is 6.04 Å². The second-order valence-electron chi connectivity index (χ2n) is 7.83. The fraction of sp³-hybridized carbons (Fsp3) is 0.385. The first kappa shape index (κ1) is 18.3. The maximum atomic E-state index is 2.79. The van der Waals surface area contributed by atoms with Gasteiger partial charge in [-0.1, -0.05) is 80.1 Å².